The van der Waals surface area contributed by atoms with Crippen molar-refractivity contribution in [2.24, 2.45) is 5.92 Å². The Kier molecular flexibility index (Phi) is 6.52. The lowest BCUT2D eigenvalue weighted by atomic mass is 9.92. The first kappa shape index (κ1) is 14.5. The molecule has 1 atom stereocenters. The van der Waals surface area contributed by atoms with E-state index in [4.69, 9.17) is 0 Å². The van der Waals surface area contributed by atoms with Crippen LogP contribution >= 0.6 is 0 Å². The summed E-state index contributed by atoms with van der Waals surface area (Å²) in [5.41, 5.74) is 0. The number of nitrogens with zero attached hydrogens (tertiary/aromatic N) is 1. The number of esters is 1. The average molecular weight is 243 g/mol. The van der Waals surface area contributed by atoms with Crippen LogP contribution in [-0.2, 0) is 9.53 Å². The van der Waals surface area contributed by atoms with Crippen molar-refractivity contribution in [3.05, 3.63) is 0 Å². The molecule has 0 unspecified atom stereocenters. The highest BCUT2D eigenvalue weighted by Crippen LogP contribution is 2.22. The van der Waals surface area contributed by atoms with Gasteiger partial charge in [-0.05, 0) is 44.7 Å². The van der Waals surface area contributed by atoms with Gasteiger partial charge in [0.15, 0.2) is 0 Å². The lowest BCUT2D eigenvalue weighted by Crippen LogP contribution is -2.38. The van der Waals surface area contributed by atoms with Crippen LogP contribution in [0.3, 0.4) is 0 Å². The highest BCUT2D eigenvalue weighted by atomic mass is 16.5. The van der Waals surface area contributed by atoms with Crippen molar-refractivity contribution < 1.29 is 14.6 Å². The van der Waals surface area contributed by atoms with Crippen LogP contribution in [0.1, 0.15) is 39.0 Å². The second-order valence-electron chi connectivity index (χ2n) is 4.92. The molecule has 0 bridgehead atoms. The maximum atomic E-state index is 11.0. The largest absolute Gasteiger partial charge is 0.469 e. The van der Waals surface area contributed by atoms with Crippen molar-refractivity contribution in [3.63, 3.8) is 0 Å². The number of ether oxygens (including phenoxy) is 1. The number of likely N-dealkylation sites (tertiary alicyclic amines) is 1. The molecule has 4 nitrogen and oxygen atoms in total. The van der Waals surface area contributed by atoms with Gasteiger partial charge in [-0.3, -0.25) is 4.79 Å². The van der Waals surface area contributed by atoms with E-state index < -0.39 is 0 Å². The highest BCUT2D eigenvalue weighted by Gasteiger charge is 2.21. The quantitative estimate of drug-likeness (QED) is 0.717. The summed E-state index contributed by atoms with van der Waals surface area (Å²) in [6.07, 6.45) is 4.38. The van der Waals surface area contributed by atoms with Crippen molar-refractivity contribution in [2.45, 2.75) is 45.1 Å². The molecule has 0 aromatic carbocycles. The smallest absolute Gasteiger partial charge is 0.305 e. The fourth-order valence-corrected chi connectivity index (χ4v) is 2.31. The van der Waals surface area contributed by atoms with Crippen molar-refractivity contribution in [1.29, 1.82) is 0 Å². The SMILES string of the molecule is CC[C@@H](O)CN1CCC(CCC(=O)OC)CC1. The first-order chi connectivity index (χ1) is 8.15. The van der Waals surface area contributed by atoms with E-state index in [0.717, 1.165) is 45.3 Å². The molecule has 4 heteroatoms. The minimum atomic E-state index is -0.193. The summed E-state index contributed by atoms with van der Waals surface area (Å²) >= 11 is 0. The molecule has 0 aromatic rings. The average Bonchev–Trinajstić information content (AvgIpc) is 2.37. The summed E-state index contributed by atoms with van der Waals surface area (Å²) in [6.45, 7) is 4.89. The van der Waals surface area contributed by atoms with E-state index >= 15 is 0 Å². The molecular formula is C13H25NO3. The minimum absolute atomic E-state index is 0.103. The van der Waals surface area contributed by atoms with E-state index in [1.165, 1.54) is 7.11 Å². The number of aliphatic hydroxyl groups is 1. The van der Waals surface area contributed by atoms with Gasteiger partial charge in [-0.25, -0.2) is 0 Å². The maximum Gasteiger partial charge on any atom is 0.305 e. The van der Waals surface area contributed by atoms with Gasteiger partial charge < -0.3 is 14.7 Å². The Morgan fingerprint density at radius 1 is 1.47 bits per heavy atom. The molecule has 0 radical (unpaired) electrons. The first-order valence-corrected chi connectivity index (χ1v) is 6.63. The van der Waals surface area contributed by atoms with Crippen molar-refractivity contribution in [1.82, 2.24) is 4.90 Å². The molecule has 1 rings (SSSR count). The number of hydrogen-bond acceptors (Lipinski definition) is 4. The highest BCUT2D eigenvalue weighted by molar-refractivity contribution is 5.69. The molecule has 0 spiro atoms. The summed E-state index contributed by atoms with van der Waals surface area (Å²) in [4.78, 5) is 13.4. The Balaban J connectivity index is 2.15. The third-order valence-corrected chi connectivity index (χ3v) is 3.63. The summed E-state index contributed by atoms with van der Waals surface area (Å²) < 4.78 is 4.65. The number of carbonyl (C=O) groups excluding carboxylic acids is 1. The molecule has 0 aromatic heterocycles. The predicted molar refractivity (Wildman–Crippen MR) is 66.7 cm³/mol. The van der Waals surface area contributed by atoms with Gasteiger partial charge in [-0.2, -0.15) is 0 Å². The number of rotatable bonds is 6. The summed E-state index contributed by atoms with van der Waals surface area (Å²) in [5.74, 6) is 0.540. The predicted octanol–water partition coefficient (Wildman–Crippen LogP) is 1.42. The monoisotopic (exact) mass is 243 g/mol. The third-order valence-electron chi connectivity index (χ3n) is 3.63. The fourth-order valence-electron chi connectivity index (χ4n) is 2.31. The lowest BCUT2D eigenvalue weighted by molar-refractivity contribution is -0.141. The molecule has 1 saturated heterocycles. The van der Waals surface area contributed by atoms with Gasteiger partial charge in [0.05, 0.1) is 13.2 Å². The number of methoxy groups -OCH3 is 1. The van der Waals surface area contributed by atoms with Crippen LogP contribution in [0.4, 0.5) is 0 Å². The molecule has 100 valence electrons. The van der Waals surface area contributed by atoms with E-state index in [-0.39, 0.29) is 12.1 Å². The summed E-state index contributed by atoms with van der Waals surface area (Å²) in [5, 5.41) is 9.58. The van der Waals surface area contributed by atoms with E-state index in [1.54, 1.807) is 0 Å². The topological polar surface area (TPSA) is 49.8 Å². The Hall–Kier alpha value is -0.610. The molecule has 17 heavy (non-hydrogen) atoms. The Morgan fingerprint density at radius 3 is 2.65 bits per heavy atom. The van der Waals surface area contributed by atoms with Crippen LogP contribution in [-0.4, -0.2) is 48.8 Å². The molecule has 1 aliphatic heterocycles. The summed E-state index contributed by atoms with van der Waals surface area (Å²) in [6, 6.07) is 0. The van der Waals surface area contributed by atoms with E-state index in [0.29, 0.717) is 12.3 Å². The van der Waals surface area contributed by atoms with Crippen LogP contribution < -0.4 is 0 Å². The number of aliphatic hydroxyl groups excluding tert-OH is 1. The molecule has 0 saturated carbocycles. The van der Waals surface area contributed by atoms with Gasteiger partial charge in [0.1, 0.15) is 0 Å². The normalized spacial score (nSPS) is 20.2. The summed E-state index contributed by atoms with van der Waals surface area (Å²) in [7, 11) is 1.44. The Bertz CT molecular complexity index is 225. The first-order valence-electron chi connectivity index (χ1n) is 6.63. The fraction of sp³-hybridized carbons (Fsp3) is 0.923. The molecule has 0 amide bonds. The van der Waals surface area contributed by atoms with E-state index in [2.05, 4.69) is 9.64 Å². The van der Waals surface area contributed by atoms with Crippen LogP contribution in [0.15, 0.2) is 0 Å². The number of piperidine rings is 1. The van der Waals surface area contributed by atoms with Gasteiger partial charge in [-0.15, -0.1) is 0 Å². The van der Waals surface area contributed by atoms with Crippen LogP contribution in [0, 0.1) is 5.92 Å². The van der Waals surface area contributed by atoms with Crippen LogP contribution in [0.2, 0.25) is 0 Å². The van der Waals surface area contributed by atoms with Gasteiger partial charge >= 0.3 is 5.97 Å². The number of β-amino-alcohol motifs (C(OH)–C–C–N with tert-alkyl or cyclic N) is 1. The lowest BCUT2D eigenvalue weighted by Gasteiger charge is -2.32. The van der Waals surface area contributed by atoms with Crippen molar-refractivity contribution in [3.8, 4) is 0 Å². The molecule has 1 aliphatic rings. The van der Waals surface area contributed by atoms with E-state index in [9.17, 15) is 9.90 Å². The van der Waals surface area contributed by atoms with Crippen molar-refractivity contribution >= 4 is 5.97 Å². The van der Waals surface area contributed by atoms with Crippen molar-refractivity contribution in [2.75, 3.05) is 26.7 Å². The Labute approximate surface area is 104 Å². The van der Waals surface area contributed by atoms with Crippen LogP contribution in [0.25, 0.3) is 0 Å². The molecular weight excluding hydrogens is 218 g/mol. The molecule has 1 heterocycles. The van der Waals surface area contributed by atoms with E-state index in [1.807, 2.05) is 6.92 Å². The molecule has 1 N–H and O–H groups in total. The van der Waals surface area contributed by atoms with Gasteiger partial charge in [0.2, 0.25) is 0 Å². The number of hydrogen-bond donors (Lipinski definition) is 1. The minimum Gasteiger partial charge on any atom is -0.469 e. The zero-order valence-electron chi connectivity index (χ0n) is 11.0. The number of carbonyl (C=O) groups is 1. The zero-order chi connectivity index (χ0) is 12.7. The third kappa shape index (κ3) is 5.50. The zero-order valence-corrected chi connectivity index (χ0v) is 11.0. The second-order valence-corrected chi connectivity index (χ2v) is 4.92. The molecule has 0 aliphatic carbocycles. The Morgan fingerprint density at radius 2 is 2.12 bits per heavy atom. The van der Waals surface area contributed by atoms with Gasteiger partial charge in [-0.1, -0.05) is 6.92 Å². The van der Waals surface area contributed by atoms with Crippen LogP contribution in [0.5, 0.6) is 0 Å². The maximum absolute atomic E-state index is 11.0. The van der Waals surface area contributed by atoms with Gasteiger partial charge in [0.25, 0.3) is 0 Å². The molecule has 1 fully saturated rings. The van der Waals surface area contributed by atoms with Gasteiger partial charge in [0, 0.05) is 13.0 Å². The standard InChI is InChI=1S/C13H25NO3/c1-3-12(15)10-14-8-6-11(7-9-14)4-5-13(16)17-2/h11-12,15H,3-10H2,1-2H3/t12-/m1/s1. The second kappa shape index (κ2) is 7.67.